The van der Waals surface area contributed by atoms with Crippen molar-refractivity contribution >= 4 is 29.3 Å². The van der Waals surface area contributed by atoms with E-state index in [9.17, 15) is 4.79 Å². The smallest absolute Gasteiger partial charge is 0.136 e. The van der Waals surface area contributed by atoms with Crippen LogP contribution in [0.15, 0.2) is 58.3 Å². The van der Waals surface area contributed by atoms with Crippen molar-refractivity contribution in [3.05, 3.63) is 59.7 Å². The molecular weight excluding hydrogens is 512 g/mol. The van der Waals surface area contributed by atoms with Gasteiger partial charge < -0.3 is 9.47 Å². The Balaban J connectivity index is 1.54. The third kappa shape index (κ3) is 7.86. The maximum atomic E-state index is 14.0. The van der Waals surface area contributed by atoms with Crippen LogP contribution in [0.1, 0.15) is 37.8 Å². The molecule has 208 valence electrons. The average Bonchev–Trinajstić information content (AvgIpc) is 2.94. The Morgan fingerprint density at radius 2 is 1.03 bits per heavy atom. The molecule has 2 fully saturated rings. The molecule has 2 saturated heterocycles. The molecule has 2 aliphatic rings. The van der Waals surface area contributed by atoms with Crippen LogP contribution in [0.25, 0.3) is 0 Å². The number of hydrogen-bond donors (Lipinski definition) is 0. The van der Waals surface area contributed by atoms with E-state index in [0.717, 1.165) is 65.4 Å². The molecule has 2 unspecified atom stereocenters. The lowest BCUT2D eigenvalue weighted by atomic mass is 9.80. The molecule has 2 aromatic carbocycles. The lowest BCUT2D eigenvalue weighted by molar-refractivity contribution is -0.127. The van der Waals surface area contributed by atoms with E-state index in [0.29, 0.717) is 18.6 Å². The van der Waals surface area contributed by atoms with E-state index >= 15 is 0 Å². The zero-order valence-electron chi connectivity index (χ0n) is 23.5. The molecule has 0 N–H and O–H groups in total. The monoisotopic (exact) mass is 556 g/mol. The summed E-state index contributed by atoms with van der Waals surface area (Å²) in [5, 5.41) is 0. The highest BCUT2D eigenvalue weighted by atomic mass is 32.2. The molecule has 0 radical (unpaired) electrons. The van der Waals surface area contributed by atoms with Crippen molar-refractivity contribution in [2.24, 2.45) is 0 Å². The Kier molecular flexibility index (Phi) is 10.8. The summed E-state index contributed by atoms with van der Waals surface area (Å²) in [6, 6.07) is 17.7. The topological polar surface area (TPSA) is 42.0 Å². The van der Waals surface area contributed by atoms with Gasteiger partial charge in [0.25, 0.3) is 0 Å². The van der Waals surface area contributed by atoms with E-state index in [1.807, 2.05) is 0 Å². The number of rotatable bonds is 12. The first kappa shape index (κ1) is 29.6. The number of thioether (sulfide) groups is 2. The fourth-order valence-electron chi connectivity index (χ4n) is 6.06. The molecule has 2 aliphatic heterocycles. The molecule has 0 amide bonds. The average molecular weight is 557 g/mol. The zero-order valence-corrected chi connectivity index (χ0v) is 25.2. The number of hydrogen-bond acceptors (Lipinski definition) is 7. The number of carbonyl (C=O) groups excluding carboxylic acids is 1. The summed E-state index contributed by atoms with van der Waals surface area (Å²) in [6.07, 6.45) is 7.02. The largest absolute Gasteiger partial charge is 0.379 e. The Morgan fingerprint density at radius 3 is 1.34 bits per heavy atom. The number of benzene rings is 2. The molecule has 2 heterocycles. The van der Waals surface area contributed by atoms with E-state index in [-0.39, 0.29) is 11.1 Å². The number of ether oxygens (including phenoxy) is 2. The Bertz CT molecular complexity index is 939. The number of morpholine rings is 2. The van der Waals surface area contributed by atoms with Gasteiger partial charge in [-0.25, -0.2) is 0 Å². The highest BCUT2D eigenvalue weighted by Gasteiger charge is 2.40. The van der Waals surface area contributed by atoms with Gasteiger partial charge in [0, 0.05) is 59.9 Å². The Hall–Kier alpha value is -1.35. The van der Waals surface area contributed by atoms with Crippen LogP contribution in [0.2, 0.25) is 0 Å². The molecule has 5 nitrogen and oxygen atoms in total. The van der Waals surface area contributed by atoms with Crippen molar-refractivity contribution in [1.82, 2.24) is 9.80 Å². The lowest BCUT2D eigenvalue weighted by Gasteiger charge is -2.46. The predicted octanol–water partition coefficient (Wildman–Crippen LogP) is 5.45. The molecule has 2 aromatic rings. The summed E-state index contributed by atoms with van der Waals surface area (Å²) in [7, 11) is 0. The molecule has 0 bridgehead atoms. The van der Waals surface area contributed by atoms with Crippen LogP contribution < -0.4 is 0 Å². The van der Waals surface area contributed by atoms with Crippen molar-refractivity contribution in [1.29, 1.82) is 0 Å². The molecule has 7 heteroatoms. The van der Waals surface area contributed by atoms with Crippen LogP contribution in [0.5, 0.6) is 0 Å². The number of Topliss-reactive ketones (excluding diaryl/α,β-unsaturated/α-hetero) is 1. The zero-order chi connectivity index (χ0) is 27.0. The molecule has 38 heavy (non-hydrogen) atoms. The quantitative estimate of drug-likeness (QED) is 0.322. The van der Waals surface area contributed by atoms with Crippen LogP contribution in [0.4, 0.5) is 0 Å². The van der Waals surface area contributed by atoms with E-state index in [1.165, 1.54) is 20.9 Å². The molecule has 0 saturated carbocycles. The van der Waals surface area contributed by atoms with E-state index in [2.05, 4.69) is 84.7 Å². The van der Waals surface area contributed by atoms with Crippen LogP contribution in [0.3, 0.4) is 0 Å². The first-order valence-corrected chi connectivity index (χ1v) is 16.2. The van der Waals surface area contributed by atoms with Gasteiger partial charge in [-0.05, 0) is 74.6 Å². The van der Waals surface area contributed by atoms with Gasteiger partial charge in [0.2, 0.25) is 0 Å². The van der Waals surface area contributed by atoms with Crippen LogP contribution in [-0.4, -0.2) is 91.8 Å². The maximum Gasteiger partial charge on any atom is 0.136 e. The third-order valence-corrected chi connectivity index (χ3v) is 9.68. The van der Waals surface area contributed by atoms with E-state index in [4.69, 9.17) is 9.47 Å². The minimum Gasteiger partial charge on any atom is -0.379 e. The van der Waals surface area contributed by atoms with Crippen LogP contribution in [-0.2, 0) is 27.1 Å². The van der Waals surface area contributed by atoms with Gasteiger partial charge >= 0.3 is 0 Å². The summed E-state index contributed by atoms with van der Waals surface area (Å²) in [5.41, 5.74) is 2.09. The highest BCUT2D eigenvalue weighted by molar-refractivity contribution is 7.98. The molecule has 0 aromatic heterocycles. The molecule has 2 atom stereocenters. The highest BCUT2D eigenvalue weighted by Crippen LogP contribution is 2.32. The summed E-state index contributed by atoms with van der Waals surface area (Å²) in [4.78, 5) is 21.5. The first-order chi connectivity index (χ1) is 18.3. The van der Waals surface area contributed by atoms with Crippen molar-refractivity contribution in [2.45, 2.75) is 60.4 Å². The normalized spacial score (nSPS) is 20.5. The summed E-state index contributed by atoms with van der Waals surface area (Å²) >= 11 is 3.52. The second-order valence-electron chi connectivity index (χ2n) is 11.1. The summed E-state index contributed by atoms with van der Waals surface area (Å²) in [6.45, 7) is 11.0. The number of ketones is 1. The van der Waals surface area contributed by atoms with Crippen LogP contribution in [0, 0.1) is 0 Å². The van der Waals surface area contributed by atoms with Gasteiger partial charge in [-0.15, -0.1) is 23.5 Å². The molecule has 0 aliphatic carbocycles. The fraction of sp³-hybridized carbons (Fsp3) is 0.581. The minimum absolute atomic E-state index is 0.242. The van der Waals surface area contributed by atoms with Crippen molar-refractivity contribution in [3.8, 4) is 0 Å². The summed E-state index contributed by atoms with van der Waals surface area (Å²) in [5.74, 6) is 0.342. The maximum absolute atomic E-state index is 14.0. The lowest BCUT2D eigenvalue weighted by Crippen LogP contribution is -2.56. The fourth-order valence-corrected chi connectivity index (χ4v) is 6.87. The van der Waals surface area contributed by atoms with Gasteiger partial charge in [-0.2, -0.15) is 0 Å². The number of carbonyl (C=O) groups is 1. The molecule has 0 spiro atoms. The minimum atomic E-state index is -0.242. The van der Waals surface area contributed by atoms with Gasteiger partial charge in [0.05, 0.1) is 26.4 Å². The van der Waals surface area contributed by atoms with Crippen molar-refractivity contribution < 1.29 is 14.3 Å². The van der Waals surface area contributed by atoms with Gasteiger partial charge in [0.15, 0.2) is 0 Å². The molecular formula is C31H44N2O3S2. The predicted molar refractivity (Wildman–Crippen MR) is 160 cm³/mol. The SMILES string of the molecule is CSc1ccc(CC(C)(CC(=O)CC(C)(Cc2ccc(SC)cc2)N2CCOCC2)N2CCOCC2)cc1. The third-order valence-electron chi connectivity index (χ3n) is 8.19. The Morgan fingerprint density at radius 1 is 0.684 bits per heavy atom. The van der Waals surface area contributed by atoms with Gasteiger partial charge in [-0.1, -0.05) is 24.3 Å². The second kappa shape index (κ2) is 13.8. The van der Waals surface area contributed by atoms with Crippen molar-refractivity contribution in [3.63, 3.8) is 0 Å². The second-order valence-corrected chi connectivity index (χ2v) is 12.9. The number of nitrogens with zero attached hydrogens (tertiary/aromatic N) is 2. The van der Waals surface area contributed by atoms with E-state index in [1.54, 1.807) is 23.5 Å². The summed E-state index contributed by atoms with van der Waals surface area (Å²) < 4.78 is 11.3. The molecule has 4 rings (SSSR count). The van der Waals surface area contributed by atoms with Crippen LogP contribution >= 0.6 is 23.5 Å². The van der Waals surface area contributed by atoms with Gasteiger partial charge in [0.1, 0.15) is 5.78 Å². The van der Waals surface area contributed by atoms with E-state index < -0.39 is 0 Å². The van der Waals surface area contributed by atoms with Crippen molar-refractivity contribution in [2.75, 3.05) is 65.1 Å². The standard InChI is InChI=1S/C31H44N2O3S2/c1-30(32-13-17-35-18-14-32,21-25-5-9-28(37-3)10-6-25)23-27(34)24-31(2,33-15-19-36-20-16-33)22-26-7-11-29(38-4)12-8-26/h5-12H,13-24H2,1-4H3. The Labute approximate surface area is 238 Å². The first-order valence-electron chi connectivity index (χ1n) is 13.8. The van der Waals surface area contributed by atoms with Gasteiger partial charge in [-0.3, -0.25) is 14.6 Å².